The summed E-state index contributed by atoms with van der Waals surface area (Å²) in [4.78, 5) is 23.2. The number of hydrogen-bond acceptors (Lipinski definition) is 4. The molecule has 0 amide bonds. The number of rotatable bonds is 2. The van der Waals surface area contributed by atoms with Gasteiger partial charge >= 0.3 is 11.9 Å². The van der Waals surface area contributed by atoms with Crippen LogP contribution in [0.25, 0.3) is 0 Å². The zero-order chi connectivity index (χ0) is 12.4. The van der Waals surface area contributed by atoms with Crippen LogP contribution in [0.1, 0.15) is 22.8 Å². The quantitative estimate of drug-likeness (QED) is 0.758. The number of carbonyl (C=O) groups excluding carboxylic acids is 2. The lowest BCUT2D eigenvalue weighted by Crippen LogP contribution is -2.35. The monoisotopic (exact) mass is 254 g/mol. The van der Waals surface area contributed by atoms with E-state index in [0.717, 1.165) is 0 Å². The third kappa shape index (κ3) is 2.26. The first-order valence-corrected chi connectivity index (χ1v) is 5.66. The Labute approximate surface area is 103 Å². The minimum atomic E-state index is -0.867. The lowest BCUT2D eigenvalue weighted by Gasteiger charge is -2.23. The maximum absolute atomic E-state index is 11.7. The molecule has 17 heavy (non-hydrogen) atoms. The number of fused-ring (bicyclic) bond motifs is 1. The molecule has 1 aromatic rings. The highest BCUT2D eigenvalue weighted by Crippen LogP contribution is 2.27. The third-order valence-electron chi connectivity index (χ3n) is 2.51. The number of hydrogen-bond donors (Lipinski definition) is 0. The Balaban J connectivity index is 2.28. The number of cyclic esters (lactones) is 1. The summed E-state index contributed by atoms with van der Waals surface area (Å²) in [6.45, 7) is 1.96. The predicted molar refractivity (Wildman–Crippen MR) is 61.0 cm³/mol. The summed E-state index contributed by atoms with van der Waals surface area (Å²) in [6.07, 6.45) is -0.561. The topological polar surface area (TPSA) is 52.6 Å². The summed E-state index contributed by atoms with van der Waals surface area (Å²) < 4.78 is 9.84. The predicted octanol–water partition coefficient (Wildman–Crippen LogP) is 1.98. The van der Waals surface area contributed by atoms with E-state index >= 15 is 0 Å². The molecule has 1 aromatic carbocycles. The van der Waals surface area contributed by atoms with E-state index in [4.69, 9.17) is 21.1 Å². The van der Waals surface area contributed by atoms with Crippen molar-refractivity contribution in [1.82, 2.24) is 0 Å². The van der Waals surface area contributed by atoms with Crippen molar-refractivity contribution < 1.29 is 19.1 Å². The molecule has 0 bridgehead atoms. The SMILES string of the molecule is CCOC(=O)C1Cc2cccc(Cl)c2C(=O)O1. The highest BCUT2D eigenvalue weighted by atomic mass is 35.5. The van der Waals surface area contributed by atoms with Crippen LogP contribution < -0.4 is 0 Å². The average Bonchev–Trinajstić information content (AvgIpc) is 2.29. The molecule has 0 fully saturated rings. The van der Waals surface area contributed by atoms with Crippen LogP contribution in [0.4, 0.5) is 0 Å². The fourth-order valence-corrected chi connectivity index (χ4v) is 2.03. The summed E-state index contributed by atoms with van der Waals surface area (Å²) in [6, 6.07) is 5.11. The van der Waals surface area contributed by atoms with Gasteiger partial charge in [0.15, 0.2) is 0 Å². The lowest BCUT2D eigenvalue weighted by molar-refractivity contribution is -0.153. The molecule has 0 saturated carbocycles. The molecule has 0 spiro atoms. The lowest BCUT2D eigenvalue weighted by atomic mass is 9.98. The van der Waals surface area contributed by atoms with Crippen molar-refractivity contribution in [3.05, 3.63) is 34.3 Å². The van der Waals surface area contributed by atoms with Gasteiger partial charge < -0.3 is 9.47 Å². The molecular formula is C12H11ClO4. The molecule has 0 aliphatic carbocycles. The third-order valence-corrected chi connectivity index (χ3v) is 2.82. The molecule has 90 valence electrons. The van der Waals surface area contributed by atoms with E-state index in [2.05, 4.69) is 0 Å². The van der Waals surface area contributed by atoms with Gasteiger partial charge in [-0.25, -0.2) is 9.59 Å². The summed E-state index contributed by atoms with van der Waals surface area (Å²) >= 11 is 5.91. The van der Waals surface area contributed by atoms with Gasteiger partial charge in [0, 0.05) is 6.42 Å². The number of halogens is 1. The van der Waals surface area contributed by atoms with Gasteiger partial charge in [0.1, 0.15) is 0 Å². The van der Waals surface area contributed by atoms with Gasteiger partial charge in [0.2, 0.25) is 6.10 Å². The van der Waals surface area contributed by atoms with Crippen LogP contribution in [0, 0.1) is 0 Å². The molecule has 1 heterocycles. The van der Waals surface area contributed by atoms with Gasteiger partial charge in [-0.1, -0.05) is 23.7 Å². The molecule has 0 N–H and O–H groups in total. The van der Waals surface area contributed by atoms with Crippen LogP contribution in [0.3, 0.4) is 0 Å². The highest BCUT2D eigenvalue weighted by Gasteiger charge is 2.33. The Morgan fingerprint density at radius 3 is 3.06 bits per heavy atom. The molecule has 0 radical (unpaired) electrons. The summed E-state index contributed by atoms with van der Waals surface area (Å²) in [5, 5.41) is 0.342. The van der Waals surface area contributed by atoms with E-state index in [1.165, 1.54) is 0 Å². The highest BCUT2D eigenvalue weighted by molar-refractivity contribution is 6.33. The van der Waals surface area contributed by atoms with E-state index in [1.54, 1.807) is 25.1 Å². The van der Waals surface area contributed by atoms with Gasteiger partial charge in [-0.05, 0) is 18.6 Å². The van der Waals surface area contributed by atoms with Crippen molar-refractivity contribution in [3.8, 4) is 0 Å². The molecule has 1 aliphatic rings. The molecule has 4 nitrogen and oxygen atoms in total. The largest absolute Gasteiger partial charge is 0.463 e. The second-order valence-electron chi connectivity index (χ2n) is 3.62. The molecule has 1 aliphatic heterocycles. The van der Waals surface area contributed by atoms with Crippen LogP contribution in [0.2, 0.25) is 5.02 Å². The fraction of sp³-hybridized carbons (Fsp3) is 0.333. The van der Waals surface area contributed by atoms with Gasteiger partial charge in [0.05, 0.1) is 17.2 Å². The van der Waals surface area contributed by atoms with Crippen molar-refractivity contribution in [3.63, 3.8) is 0 Å². The molecule has 0 saturated heterocycles. The van der Waals surface area contributed by atoms with Crippen molar-refractivity contribution in [2.45, 2.75) is 19.4 Å². The first kappa shape index (κ1) is 11.9. The van der Waals surface area contributed by atoms with Gasteiger partial charge in [0.25, 0.3) is 0 Å². The molecular weight excluding hydrogens is 244 g/mol. The van der Waals surface area contributed by atoms with Crippen LogP contribution in [-0.2, 0) is 20.7 Å². The van der Waals surface area contributed by atoms with Gasteiger partial charge in [-0.3, -0.25) is 0 Å². The van der Waals surface area contributed by atoms with Crippen molar-refractivity contribution >= 4 is 23.5 Å². The standard InChI is InChI=1S/C12H11ClO4/c1-2-16-11(14)9-6-7-4-3-5-8(13)10(7)12(15)17-9/h3-5,9H,2,6H2,1H3. The number of carbonyl (C=O) groups is 2. The van der Waals surface area contributed by atoms with Crippen molar-refractivity contribution in [2.24, 2.45) is 0 Å². The first-order chi connectivity index (χ1) is 8.13. The summed E-state index contributed by atoms with van der Waals surface area (Å²) in [7, 11) is 0. The second kappa shape index (κ2) is 4.75. The van der Waals surface area contributed by atoms with Gasteiger partial charge in [-0.2, -0.15) is 0 Å². The van der Waals surface area contributed by atoms with Crippen LogP contribution in [0.15, 0.2) is 18.2 Å². The zero-order valence-corrected chi connectivity index (χ0v) is 9.99. The van der Waals surface area contributed by atoms with Crippen LogP contribution >= 0.6 is 11.6 Å². The van der Waals surface area contributed by atoms with E-state index in [9.17, 15) is 9.59 Å². The van der Waals surface area contributed by atoms with E-state index in [1.807, 2.05) is 0 Å². The Morgan fingerprint density at radius 1 is 1.59 bits per heavy atom. The normalized spacial score (nSPS) is 18.2. The first-order valence-electron chi connectivity index (χ1n) is 5.28. The number of ether oxygens (including phenoxy) is 2. The van der Waals surface area contributed by atoms with Crippen molar-refractivity contribution in [1.29, 1.82) is 0 Å². The maximum Gasteiger partial charge on any atom is 0.347 e. The Bertz CT molecular complexity index is 470. The van der Waals surface area contributed by atoms with Crippen LogP contribution in [0.5, 0.6) is 0 Å². The Kier molecular flexibility index (Phi) is 3.33. The van der Waals surface area contributed by atoms with Crippen molar-refractivity contribution in [2.75, 3.05) is 6.61 Å². The molecule has 0 aromatic heterocycles. The summed E-state index contributed by atoms with van der Waals surface area (Å²) in [5.41, 5.74) is 1.06. The average molecular weight is 255 g/mol. The van der Waals surface area contributed by atoms with Crippen LogP contribution in [-0.4, -0.2) is 24.6 Å². The zero-order valence-electron chi connectivity index (χ0n) is 9.23. The smallest absolute Gasteiger partial charge is 0.347 e. The minimum Gasteiger partial charge on any atom is -0.463 e. The Hall–Kier alpha value is -1.55. The van der Waals surface area contributed by atoms with E-state index in [0.29, 0.717) is 22.6 Å². The van der Waals surface area contributed by atoms with E-state index < -0.39 is 18.0 Å². The molecule has 2 rings (SSSR count). The molecule has 1 unspecified atom stereocenters. The minimum absolute atomic E-state index is 0.259. The second-order valence-corrected chi connectivity index (χ2v) is 4.03. The number of benzene rings is 1. The summed E-state index contributed by atoms with van der Waals surface area (Å²) in [5.74, 6) is -1.10. The number of esters is 2. The Morgan fingerprint density at radius 2 is 2.35 bits per heavy atom. The van der Waals surface area contributed by atoms with Gasteiger partial charge in [-0.15, -0.1) is 0 Å². The fourth-order valence-electron chi connectivity index (χ4n) is 1.76. The maximum atomic E-state index is 11.7. The molecule has 1 atom stereocenters. The molecule has 5 heteroatoms. The van der Waals surface area contributed by atoms with E-state index in [-0.39, 0.29) is 6.61 Å².